The van der Waals surface area contributed by atoms with E-state index in [0.717, 1.165) is 0 Å². The summed E-state index contributed by atoms with van der Waals surface area (Å²) in [7, 11) is 14.8. The fourth-order valence-electron chi connectivity index (χ4n) is 0.321. The van der Waals surface area contributed by atoms with Crippen molar-refractivity contribution in [2.75, 3.05) is 0 Å². The zero-order valence-electron chi connectivity index (χ0n) is 4.37. The predicted octanol–water partition coefficient (Wildman–Crippen LogP) is 3.38. The van der Waals surface area contributed by atoms with Crippen LogP contribution in [0.1, 0.15) is 0 Å². The van der Waals surface area contributed by atoms with Gasteiger partial charge >= 0.3 is 42.1 Å². The third-order valence-electron chi connectivity index (χ3n) is 0.556. The molecule has 0 bridgehead atoms. The molecule has 0 amide bonds. The van der Waals surface area contributed by atoms with Crippen molar-refractivity contribution in [3.8, 4) is 0 Å². The van der Waals surface area contributed by atoms with E-state index in [-0.39, 0.29) is 0 Å². The minimum atomic E-state index is -1.75. The summed E-state index contributed by atoms with van der Waals surface area (Å²) in [6, 6.07) is 0. The van der Waals surface area contributed by atoms with Gasteiger partial charge in [-0.3, -0.25) is 0 Å². The molecular weight excluding hydrogens is 267 g/mol. The van der Waals surface area contributed by atoms with E-state index in [4.69, 9.17) is 29.1 Å². The minimum absolute atomic E-state index is 1.75. The van der Waals surface area contributed by atoms with Gasteiger partial charge in [0, 0.05) is 6.42 Å². The molecule has 0 nitrogen and oxygen atoms in total. The molecule has 0 saturated carbocycles. The second-order valence-corrected chi connectivity index (χ2v) is 9.03. The van der Waals surface area contributed by atoms with Crippen LogP contribution in [-0.2, 0) is 13.0 Å². The quantitative estimate of drug-likeness (QED) is 0.593. The van der Waals surface area contributed by atoms with Gasteiger partial charge in [0.1, 0.15) is 0 Å². The Bertz CT molecular complexity index is 96.0. The van der Waals surface area contributed by atoms with Crippen LogP contribution in [0, 0.1) is 6.42 Å². The van der Waals surface area contributed by atoms with E-state index in [1.54, 1.807) is 0 Å². The second-order valence-electron chi connectivity index (χ2n) is 1.11. The molecule has 1 radical (unpaired) electrons. The monoisotopic (exact) mass is 272 g/mol. The second kappa shape index (κ2) is 7.08. The van der Waals surface area contributed by atoms with Gasteiger partial charge in [-0.1, -0.05) is 24.3 Å². The van der Waals surface area contributed by atoms with E-state index >= 15 is 0 Å². The average Bonchev–Trinajstić information content (AvgIpc) is 2.11. The maximum atomic E-state index is 4.95. The summed E-state index contributed by atoms with van der Waals surface area (Å²) < 4.78 is 0. The van der Waals surface area contributed by atoms with Gasteiger partial charge in [0.25, 0.3) is 0 Å². The van der Waals surface area contributed by atoms with E-state index in [9.17, 15) is 0 Å². The molecule has 0 aromatic carbocycles. The maximum absolute atomic E-state index is 4.95. The average molecular weight is 273 g/mol. The molecule has 0 saturated heterocycles. The predicted molar refractivity (Wildman–Crippen MR) is 40.1 cm³/mol. The Morgan fingerprint density at radius 1 is 0.778 bits per heavy atom. The van der Waals surface area contributed by atoms with Crippen molar-refractivity contribution in [1.29, 1.82) is 0 Å². The molecule has 0 spiro atoms. The van der Waals surface area contributed by atoms with Crippen molar-refractivity contribution in [3.05, 3.63) is 30.7 Å². The summed E-state index contributed by atoms with van der Waals surface area (Å²) in [5.41, 5.74) is 0. The van der Waals surface area contributed by atoms with Crippen molar-refractivity contribution in [1.82, 2.24) is 0 Å². The number of allylic oxidation sites excluding steroid dienone is 4. The molecule has 0 heterocycles. The van der Waals surface area contributed by atoms with Gasteiger partial charge < -0.3 is 0 Å². The summed E-state index contributed by atoms with van der Waals surface area (Å²) in [4.78, 5) is 0. The summed E-state index contributed by atoms with van der Waals surface area (Å²) in [6.45, 7) is 0. The van der Waals surface area contributed by atoms with Crippen LogP contribution in [0.5, 0.6) is 0 Å². The first-order chi connectivity index (χ1) is 4.23. The number of rotatable bonds is 0. The molecule has 0 unspecified atom stereocenters. The van der Waals surface area contributed by atoms with Crippen LogP contribution in [0.3, 0.4) is 0 Å². The van der Waals surface area contributed by atoms with Crippen LogP contribution in [0.4, 0.5) is 0 Å². The van der Waals surface area contributed by atoms with Crippen molar-refractivity contribution in [2.45, 2.75) is 0 Å². The van der Waals surface area contributed by atoms with Crippen molar-refractivity contribution >= 4 is 29.1 Å². The Balaban J connectivity index is 0.000000148. The zero-order chi connectivity index (χ0) is 7.11. The Morgan fingerprint density at radius 2 is 1.11 bits per heavy atom. The third-order valence-corrected chi connectivity index (χ3v) is 0.556. The summed E-state index contributed by atoms with van der Waals surface area (Å²) in [5.74, 6) is 0. The van der Waals surface area contributed by atoms with Gasteiger partial charge in [0.15, 0.2) is 0 Å². The Kier molecular flexibility index (Phi) is 7.85. The molecule has 1 aliphatic rings. The first-order valence-corrected chi connectivity index (χ1v) is 8.78. The van der Waals surface area contributed by atoms with Gasteiger partial charge in [0.05, 0.1) is 0 Å². The summed E-state index contributed by atoms with van der Waals surface area (Å²) in [6.07, 6.45) is 10.0. The number of hydrogen-bond donors (Lipinski definition) is 0. The van der Waals surface area contributed by atoms with Crippen molar-refractivity contribution in [2.24, 2.45) is 0 Å². The third kappa shape index (κ3) is 12.2. The molecule has 0 aromatic rings. The molecule has 0 N–H and O–H groups in total. The number of hydrogen-bond acceptors (Lipinski definition) is 0. The molecule has 4 heteroatoms. The van der Waals surface area contributed by atoms with Crippen LogP contribution >= 0.6 is 29.1 Å². The molecule has 1 rings (SSSR count). The molecule has 54 valence electrons. The van der Waals surface area contributed by atoms with E-state index in [1.807, 2.05) is 30.7 Å². The fraction of sp³-hybridized carbons (Fsp3) is 0. The molecule has 0 fully saturated rings. The Morgan fingerprint density at radius 3 is 1.22 bits per heavy atom. The van der Waals surface area contributed by atoms with Crippen molar-refractivity contribution < 1.29 is 13.0 Å². The van der Waals surface area contributed by atoms with Gasteiger partial charge in [-0.25, -0.2) is 0 Å². The Labute approximate surface area is 72.5 Å². The topological polar surface area (TPSA) is 0 Å². The van der Waals surface area contributed by atoms with Gasteiger partial charge in [-0.15, -0.1) is 0 Å². The fourth-order valence-corrected chi connectivity index (χ4v) is 0.321. The molecule has 0 atom stereocenters. The summed E-state index contributed by atoms with van der Waals surface area (Å²) >= 11 is -1.75. The molecule has 0 aromatic heterocycles. The van der Waals surface area contributed by atoms with Gasteiger partial charge in [-0.05, 0) is 0 Å². The van der Waals surface area contributed by atoms with Crippen LogP contribution in [-0.4, -0.2) is 0 Å². The molecule has 0 aliphatic heterocycles. The Hall–Kier alpha value is 0.973. The van der Waals surface area contributed by atoms with Crippen LogP contribution in [0.2, 0.25) is 0 Å². The SMILES string of the molecule is [CH]1C=CC=C1.[Cl][Ru]([Cl])[Cl]. The van der Waals surface area contributed by atoms with Crippen LogP contribution < -0.4 is 0 Å². The van der Waals surface area contributed by atoms with Crippen molar-refractivity contribution in [3.63, 3.8) is 0 Å². The van der Waals surface area contributed by atoms with Crippen LogP contribution in [0.15, 0.2) is 24.3 Å². The normalized spacial score (nSPS) is 14.8. The van der Waals surface area contributed by atoms with E-state index in [2.05, 4.69) is 0 Å². The number of halogens is 3. The standard InChI is InChI=1S/C5H5.3ClH.Ru/c1-2-4-5-3-1;;;;/h1-5H;3*1H;/q;;;;+3/p-3. The van der Waals surface area contributed by atoms with E-state index in [0.29, 0.717) is 0 Å². The van der Waals surface area contributed by atoms with Gasteiger partial charge in [-0.2, -0.15) is 0 Å². The summed E-state index contributed by atoms with van der Waals surface area (Å²) in [5, 5.41) is 0. The first kappa shape index (κ1) is 9.97. The first-order valence-electron chi connectivity index (χ1n) is 2.07. The van der Waals surface area contributed by atoms with Crippen LogP contribution in [0.25, 0.3) is 0 Å². The zero-order valence-corrected chi connectivity index (χ0v) is 8.38. The van der Waals surface area contributed by atoms with E-state index in [1.165, 1.54) is 0 Å². The molecule has 9 heavy (non-hydrogen) atoms. The molecular formula is C5H5Cl3Ru. The van der Waals surface area contributed by atoms with E-state index < -0.39 is 13.0 Å². The van der Waals surface area contributed by atoms with Gasteiger partial charge in [0.2, 0.25) is 0 Å². The molecule has 1 aliphatic carbocycles.